The van der Waals surface area contributed by atoms with Gasteiger partial charge in [0, 0.05) is 27.7 Å². The average molecular weight is 403 g/mol. The Balaban J connectivity index is 0. The second kappa shape index (κ2) is 3.83. The van der Waals surface area contributed by atoms with Gasteiger partial charge in [-0.2, -0.15) is 26.3 Å². The summed E-state index contributed by atoms with van der Waals surface area (Å²) in [7, 11) is -7.06. The fraction of sp³-hybridized carbons (Fsp3) is 1.00. The SMILES string of the molecule is O=P(O)(C(F)(F)F)C(F)(F)F.[Hg]. The van der Waals surface area contributed by atoms with Crippen LogP contribution in [0.3, 0.4) is 0 Å². The molecule has 0 aromatic heterocycles. The van der Waals surface area contributed by atoms with Crippen molar-refractivity contribution < 1.29 is 63.5 Å². The van der Waals surface area contributed by atoms with Crippen LogP contribution in [-0.2, 0) is 32.2 Å². The van der Waals surface area contributed by atoms with Crippen molar-refractivity contribution in [3.05, 3.63) is 0 Å². The van der Waals surface area contributed by atoms with E-state index in [0.717, 1.165) is 0 Å². The molecule has 0 aliphatic carbocycles. The maximum absolute atomic E-state index is 11.1. The number of rotatable bonds is 0. The minimum atomic E-state index is -7.06. The van der Waals surface area contributed by atoms with Crippen LogP contribution in [0.1, 0.15) is 0 Å². The molecule has 0 unspecified atom stereocenters. The van der Waals surface area contributed by atoms with Crippen molar-refractivity contribution in [3.63, 3.8) is 0 Å². The molecule has 0 aliphatic rings. The summed E-state index contributed by atoms with van der Waals surface area (Å²) in [5.74, 6) is -12.3. The van der Waals surface area contributed by atoms with Crippen molar-refractivity contribution in [1.82, 2.24) is 0 Å². The maximum atomic E-state index is 11.1. The number of halogens is 6. The summed E-state index contributed by atoms with van der Waals surface area (Å²) in [5, 5.41) is 0. The first-order valence-corrected chi connectivity index (χ1v) is 3.62. The van der Waals surface area contributed by atoms with Gasteiger partial charge >= 0.3 is 19.2 Å². The fourth-order valence-corrected chi connectivity index (χ4v) is 0.431. The van der Waals surface area contributed by atoms with E-state index in [1.165, 1.54) is 0 Å². The van der Waals surface area contributed by atoms with Gasteiger partial charge in [0.05, 0.1) is 0 Å². The van der Waals surface area contributed by atoms with Crippen LogP contribution < -0.4 is 0 Å². The van der Waals surface area contributed by atoms with Crippen molar-refractivity contribution in [2.75, 3.05) is 0 Å². The third-order valence-corrected chi connectivity index (χ3v) is 2.06. The predicted octanol–water partition coefficient (Wildman–Crippen LogP) is 2.29. The van der Waals surface area contributed by atoms with E-state index in [0.29, 0.717) is 0 Å². The van der Waals surface area contributed by atoms with Crippen molar-refractivity contribution >= 4 is 7.37 Å². The zero-order valence-electron chi connectivity index (χ0n) is 5.28. The summed E-state index contributed by atoms with van der Waals surface area (Å²) in [6.45, 7) is 0. The Bertz CT molecular complexity index is 177. The van der Waals surface area contributed by atoms with E-state index in [9.17, 15) is 30.9 Å². The van der Waals surface area contributed by atoms with Crippen molar-refractivity contribution in [3.8, 4) is 0 Å². The molecule has 0 amide bonds. The smallest absolute Gasteiger partial charge is 0.332 e. The van der Waals surface area contributed by atoms with E-state index in [1.54, 1.807) is 0 Å². The van der Waals surface area contributed by atoms with Gasteiger partial charge in [-0.15, -0.1) is 0 Å². The molecule has 1 N–H and O–H groups in total. The molecule has 0 aliphatic heterocycles. The molecule has 0 spiro atoms. The van der Waals surface area contributed by atoms with Gasteiger partial charge in [-0.25, -0.2) is 0 Å². The van der Waals surface area contributed by atoms with Crippen molar-refractivity contribution in [2.45, 2.75) is 11.8 Å². The minimum Gasteiger partial charge on any atom is -0.332 e. The Labute approximate surface area is 82.9 Å². The van der Waals surface area contributed by atoms with Crippen LogP contribution in [0.25, 0.3) is 0 Å². The number of alkyl halides is 6. The molecule has 2 nitrogen and oxygen atoms in total. The van der Waals surface area contributed by atoms with Crippen LogP contribution in [0, 0.1) is 0 Å². The molecule has 0 aromatic carbocycles. The maximum Gasteiger partial charge on any atom is 0.474 e. The van der Waals surface area contributed by atoms with Gasteiger partial charge in [0.1, 0.15) is 0 Å². The monoisotopic (exact) mass is 404 g/mol. The fourth-order valence-electron chi connectivity index (χ4n) is 0.144. The largest absolute Gasteiger partial charge is 0.474 e. The third kappa shape index (κ3) is 2.88. The molecule has 0 fully saturated rings. The molecule has 12 heavy (non-hydrogen) atoms. The van der Waals surface area contributed by atoms with E-state index in [-0.39, 0.29) is 27.7 Å². The van der Waals surface area contributed by atoms with Crippen LogP contribution in [0.2, 0.25) is 0 Å². The van der Waals surface area contributed by atoms with Gasteiger partial charge < -0.3 is 4.89 Å². The second-order valence-electron chi connectivity index (χ2n) is 1.51. The topological polar surface area (TPSA) is 37.3 Å². The average Bonchev–Trinajstić information content (AvgIpc) is 1.58. The minimum absolute atomic E-state index is 0. The Morgan fingerprint density at radius 2 is 1.08 bits per heavy atom. The molecule has 70 valence electrons. The Kier molecular flexibility index (Phi) is 4.85. The molecule has 0 atom stereocenters. The Hall–Kier alpha value is 0.705. The molecule has 0 saturated heterocycles. The standard InChI is InChI=1S/C2HF6O2P.Hg/c3-1(4,5)11(9,10)2(6,7)8;/h(H,9,10);. The van der Waals surface area contributed by atoms with Gasteiger partial charge in [0.25, 0.3) is 0 Å². The van der Waals surface area contributed by atoms with Gasteiger partial charge in [-0.1, -0.05) is 0 Å². The van der Waals surface area contributed by atoms with Crippen LogP contribution in [0.4, 0.5) is 26.3 Å². The van der Waals surface area contributed by atoms with E-state index >= 15 is 0 Å². The van der Waals surface area contributed by atoms with Crippen LogP contribution in [-0.4, -0.2) is 16.7 Å². The van der Waals surface area contributed by atoms with E-state index in [4.69, 9.17) is 4.89 Å². The number of hydrogen-bond acceptors (Lipinski definition) is 1. The molecular weight excluding hydrogens is 402 g/mol. The molecular formula is C2HF6HgO2P. The molecule has 0 bridgehead atoms. The first-order valence-electron chi connectivity index (χ1n) is 1.96. The van der Waals surface area contributed by atoms with Crippen LogP contribution in [0.15, 0.2) is 0 Å². The summed E-state index contributed by atoms with van der Waals surface area (Å²) < 4.78 is 76.1. The summed E-state index contributed by atoms with van der Waals surface area (Å²) >= 11 is 0. The normalized spacial score (nSPS) is 13.9. The zero-order valence-corrected chi connectivity index (χ0v) is 11.7. The second-order valence-corrected chi connectivity index (χ2v) is 3.68. The first-order chi connectivity index (χ1) is 4.50. The predicted molar refractivity (Wildman–Crippen MR) is 21.9 cm³/mol. The van der Waals surface area contributed by atoms with Crippen molar-refractivity contribution in [1.29, 1.82) is 0 Å². The molecule has 0 aromatic rings. The van der Waals surface area contributed by atoms with Gasteiger partial charge in [-0.3, -0.25) is 4.57 Å². The third-order valence-electron chi connectivity index (χ3n) is 0.687. The molecule has 10 heteroatoms. The molecule has 0 radical (unpaired) electrons. The van der Waals surface area contributed by atoms with Gasteiger partial charge in [0.2, 0.25) is 0 Å². The summed E-state index contributed by atoms with van der Waals surface area (Å²) in [6, 6.07) is 0. The first kappa shape index (κ1) is 15.2. The van der Waals surface area contributed by atoms with Gasteiger partial charge in [-0.05, 0) is 0 Å². The van der Waals surface area contributed by atoms with E-state index < -0.39 is 19.2 Å². The summed E-state index contributed by atoms with van der Waals surface area (Å²) in [5.41, 5.74) is 0. The van der Waals surface area contributed by atoms with Crippen LogP contribution in [0.5, 0.6) is 0 Å². The quantitative estimate of drug-likeness (QED) is 0.384. The summed E-state index contributed by atoms with van der Waals surface area (Å²) in [4.78, 5) is 7.49. The molecule has 0 saturated carbocycles. The van der Waals surface area contributed by atoms with Crippen molar-refractivity contribution in [2.24, 2.45) is 0 Å². The van der Waals surface area contributed by atoms with E-state index in [1.807, 2.05) is 0 Å². The van der Waals surface area contributed by atoms with E-state index in [2.05, 4.69) is 0 Å². The van der Waals surface area contributed by atoms with Crippen LogP contribution >= 0.6 is 7.37 Å². The number of hydrogen-bond donors (Lipinski definition) is 1. The van der Waals surface area contributed by atoms with Gasteiger partial charge in [0.15, 0.2) is 0 Å². The molecule has 0 rings (SSSR count). The Morgan fingerprint density at radius 3 is 1.08 bits per heavy atom. The zero-order chi connectivity index (χ0) is 9.50. The Morgan fingerprint density at radius 1 is 0.917 bits per heavy atom. The molecule has 0 heterocycles. The summed E-state index contributed by atoms with van der Waals surface area (Å²) in [6.07, 6.45) is 0.